The van der Waals surface area contributed by atoms with Crippen molar-refractivity contribution in [2.24, 2.45) is 0 Å². The number of fused-ring (bicyclic) bond motifs is 3. The molecule has 0 saturated carbocycles. The molecule has 0 saturated heterocycles. The molecule has 4 heteroatoms. The number of pyridine rings is 1. The largest absolute Gasteiger partial charge is 0.497 e. The second-order valence-corrected chi connectivity index (χ2v) is 8.31. The minimum Gasteiger partial charge on any atom is -0.497 e. The number of nitrogens with zero attached hydrogens (tertiary/aromatic N) is 2. The molecule has 3 aromatic carbocycles. The highest BCUT2D eigenvalue weighted by Gasteiger charge is 2.12. The molecular formula is C26H22N2OS. The Balaban J connectivity index is 1.42. The van der Waals surface area contributed by atoms with Crippen LogP contribution in [0.25, 0.3) is 21.9 Å². The van der Waals surface area contributed by atoms with Crippen molar-refractivity contribution >= 4 is 33.7 Å². The average molecular weight is 411 g/mol. The van der Waals surface area contributed by atoms with E-state index < -0.39 is 0 Å². The lowest BCUT2D eigenvalue weighted by Gasteiger charge is -2.09. The molecule has 0 bridgehead atoms. The number of hydrogen-bond donors (Lipinski definition) is 0. The maximum Gasteiger partial charge on any atom is 0.119 e. The summed E-state index contributed by atoms with van der Waals surface area (Å²) >= 11 is 1.87. The van der Waals surface area contributed by atoms with Crippen LogP contribution in [-0.4, -0.2) is 16.7 Å². The van der Waals surface area contributed by atoms with Crippen LogP contribution >= 0.6 is 11.8 Å². The number of aromatic nitrogens is 2. The number of thioether (sulfide) groups is 1. The fourth-order valence-corrected chi connectivity index (χ4v) is 4.66. The molecule has 0 N–H and O–H groups in total. The Morgan fingerprint density at radius 3 is 2.47 bits per heavy atom. The number of rotatable bonds is 6. The molecule has 0 atom stereocenters. The zero-order chi connectivity index (χ0) is 20.3. The Hall–Kier alpha value is -3.24. The first-order valence-corrected chi connectivity index (χ1v) is 11.0. The van der Waals surface area contributed by atoms with E-state index in [1.165, 1.54) is 21.5 Å². The molecule has 0 radical (unpaired) electrons. The Labute approximate surface area is 180 Å². The maximum atomic E-state index is 5.43. The molecule has 2 aromatic heterocycles. The predicted octanol–water partition coefficient (Wildman–Crippen LogP) is 6.54. The lowest BCUT2D eigenvalue weighted by atomic mass is 10.2. The van der Waals surface area contributed by atoms with Crippen LogP contribution in [0.1, 0.15) is 11.1 Å². The Morgan fingerprint density at radius 2 is 1.67 bits per heavy atom. The van der Waals surface area contributed by atoms with E-state index in [2.05, 4.69) is 82.3 Å². The zero-order valence-electron chi connectivity index (χ0n) is 16.8. The van der Waals surface area contributed by atoms with Crippen LogP contribution in [0.3, 0.4) is 0 Å². The highest BCUT2D eigenvalue weighted by molar-refractivity contribution is 7.98. The Morgan fingerprint density at radius 1 is 0.833 bits per heavy atom. The number of methoxy groups -OCH3 is 1. The van der Waals surface area contributed by atoms with Crippen LogP contribution in [0.15, 0.2) is 96.0 Å². The van der Waals surface area contributed by atoms with Crippen LogP contribution in [0.5, 0.6) is 5.75 Å². The summed E-state index contributed by atoms with van der Waals surface area (Å²) in [4.78, 5) is 5.92. The summed E-state index contributed by atoms with van der Waals surface area (Å²) in [5, 5.41) is 1.12. The van der Waals surface area contributed by atoms with Crippen molar-refractivity contribution in [3.63, 3.8) is 0 Å². The van der Waals surface area contributed by atoms with Gasteiger partial charge in [0.05, 0.1) is 23.7 Å². The van der Waals surface area contributed by atoms with Crippen molar-refractivity contribution in [2.45, 2.75) is 17.2 Å². The first-order chi connectivity index (χ1) is 14.8. The third-order valence-electron chi connectivity index (χ3n) is 5.34. The smallest absolute Gasteiger partial charge is 0.119 e. The second-order valence-electron chi connectivity index (χ2n) is 7.26. The van der Waals surface area contributed by atoms with Gasteiger partial charge in [0.15, 0.2) is 0 Å². The normalized spacial score (nSPS) is 11.2. The maximum absolute atomic E-state index is 5.43. The first kappa shape index (κ1) is 18.8. The summed E-state index contributed by atoms with van der Waals surface area (Å²) < 4.78 is 7.76. The van der Waals surface area contributed by atoms with Gasteiger partial charge in [-0.2, -0.15) is 0 Å². The zero-order valence-corrected chi connectivity index (χ0v) is 17.6. The summed E-state index contributed by atoms with van der Waals surface area (Å²) in [5.74, 6) is 1.84. The van der Waals surface area contributed by atoms with Crippen molar-refractivity contribution in [3.05, 3.63) is 102 Å². The van der Waals surface area contributed by atoms with Crippen molar-refractivity contribution < 1.29 is 4.74 Å². The lowest BCUT2D eigenvalue weighted by Crippen LogP contribution is -1.99. The van der Waals surface area contributed by atoms with E-state index in [0.717, 1.165) is 34.5 Å². The standard InChI is InChI=1S/C26H22N2OS/c1-29-21-11-14-24-23(16-21)26-25(8-5-15-27-26)28(24)17-19-9-12-22(13-10-19)30-18-20-6-3-2-4-7-20/h2-16H,17-18H2,1H3. The highest BCUT2D eigenvalue weighted by atomic mass is 32.2. The molecule has 2 heterocycles. The highest BCUT2D eigenvalue weighted by Crippen LogP contribution is 2.31. The van der Waals surface area contributed by atoms with E-state index in [1.807, 2.05) is 30.1 Å². The minimum absolute atomic E-state index is 0.807. The fraction of sp³-hybridized carbons (Fsp3) is 0.115. The minimum atomic E-state index is 0.807. The van der Waals surface area contributed by atoms with Gasteiger partial charge in [0.2, 0.25) is 0 Å². The Bertz CT molecular complexity index is 1290. The van der Waals surface area contributed by atoms with Crippen molar-refractivity contribution in [2.75, 3.05) is 7.11 Å². The van der Waals surface area contributed by atoms with Gasteiger partial charge in [-0.1, -0.05) is 42.5 Å². The molecule has 0 aliphatic heterocycles. The summed E-state index contributed by atoms with van der Waals surface area (Å²) in [5.41, 5.74) is 5.95. The van der Waals surface area contributed by atoms with Gasteiger partial charge in [-0.25, -0.2) is 0 Å². The molecule has 0 unspecified atom stereocenters. The summed E-state index contributed by atoms with van der Waals surface area (Å²) in [6.07, 6.45) is 1.85. The van der Waals surface area contributed by atoms with E-state index in [0.29, 0.717) is 0 Å². The van der Waals surface area contributed by atoms with Crippen LogP contribution in [0.2, 0.25) is 0 Å². The molecule has 0 amide bonds. The van der Waals surface area contributed by atoms with Gasteiger partial charge in [0, 0.05) is 28.8 Å². The third-order valence-corrected chi connectivity index (χ3v) is 6.42. The average Bonchev–Trinajstić information content (AvgIpc) is 3.12. The number of hydrogen-bond acceptors (Lipinski definition) is 3. The molecule has 5 rings (SSSR count). The summed E-state index contributed by atoms with van der Waals surface area (Å²) in [6, 6.07) is 29.8. The number of benzene rings is 3. The SMILES string of the molecule is COc1ccc2c(c1)c1ncccc1n2Cc1ccc(SCc2ccccc2)cc1. The summed E-state index contributed by atoms with van der Waals surface area (Å²) in [6.45, 7) is 0.807. The van der Waals surface area contributed by atoms with E-state index in [9.17, 15) is 0 Å². The molecule has 30 heavy (non-hydrogen) atoms. The van der Waals surface area contributed by atoms with Gasteiger partial charge < -0.3 is 9.30 Å². The van der Waals surface area contributed by atoms with Crippen LogP contribution in [-0.2, 0) is 12.3 Å². The second kappa shape index (κ2) is 8.25. The molecule has 5 aromatic rings. The predicted molar refractivity (Wildman–Crippen MR) is 125 cm³/mol. The molecule has 0 fully saturated rings. The van der Waals surface area contributed by atoms with Gasteiger partial charge in [-0.05, 0) is 53.6 Å². The van der Waals surface area contributed by atoms with Crippen molar-refractivity contribution in [1.82, 2.24) is 9.55 Å². The van der Waals surface area contributed by atoms with Gasteiger partial charge >= 0.3 is 0 Å². The van der Waals surface area contributed by atoms with Crippen molar-refractivity contribution in [3.8, 4) is 5.75 Å². The first-order valence-electron chi connectivity index (χ1n) is 9.98. The van der Waals surface area contributed by atoms with Crippen LogP contribution < -0.4 is 4.74 Å². The van der Waals surface area contributed by atoms with Crippen molar-refractivity contribution in [1.29, 1.82) is 0 Å². The third kappa shape index (κ3) is 3.66. The van der Waals surface area contributed by atoms with E-state index in [4.69, 9.17) is 4.74 Å². The van der Waals surface area contributed by atoms with Gasteiger partial charge in [-0.15, -0.1) is 11.8 Å². The van der Waals surface area contributed by atoms with E-state index in [-0.39, 0.29) is 0 Å². The summed E-state index contributed by atoms with van der Waals surface area (Å²) in [7, 11) is 1.70. The fourth-order valence-electron chi connectivity index (χ4n) is 3.80. The molecule has 0 aliphatic rings. The quantitative estimate of drug-likeness (QED) is 0.297. The topological polar surface area (TPSA) is 27.1 Å². The molecule has 0 aliphatic carbocycles. The van der Waals surface area contributed by atoms with Gasteiger partial charge in [-0.3, -0.25) is 4.98 Å². The van der Waals surface area contributed by atoms with Crippen LogP contribution in [0.4, 0.5) is 0 Å². The van der Waals surface area contributed by atoms with Gasteiger partial charge in [0.25, 0.3) is 0 Å². The molecular weight excluding hydrogens is 388 g/mol. The van der Waals surface area contributed by atoms with Crippen LogP contribution in [0, 0.1) is 0 Å². The van der Waals surface area contributed by atoms with Gasteiger partial charge in [0.1, 0.15) is 5.75 Å². The van der Waals surface area contributed by atoms with E-state index >= 15 is 0 Å². The molecule has 3 nitrogen and oxygen atoms in total. The molecule has 0 spiro atoms. The number of ether oxygens (including phenoxy) is 1. The monoisotopic (exact) mass is 410 g/mol. The lowest BCUT2D eigenvalue weighted by molar-refractivity contribution is 0.415. The van der Waals surface area contributed by atoms with E-state index in [1.54, 1.807) is 7.11 Å². The molecule has 148 valence electrons. The Kier molecular flexibility index (Phi) is 5.16.